The van der Waals surface area contributed by atoms with Gasteiger partial charge in [0.15, 0.2) is 5.96 Å². The Balaban J connectivity index is 2.07. The van der Waals surface area contributed by atoms with Crippen LogP contribution in [0.3, 0.4) is 0 Å². The highest BCUT2D eigenvalue weighted by Gasteiger charge is 2.31. The summed E-state index contributed by atoms with van der Waals surface area (Å²) >= 11 is 0. The molecule has 0 aromatic heterocycles. The normalized spacial score (nSPS) is 20.4. The number of amides is 2. The van der Waals surface area contributed by atoms with Gasteiger partial charge in [-0.3, -0.25) is 14.9 Å². The summed E-state index contributed by atoms with van der Waals surface area (Å²) in [6.45, 7) is 2.16. The molecule has 2 amide bonds. The Morgan fingerprint density at radius 3 is 2.79 bits per heavy atom. The zero-order valence-electron chi connectivity index (χ0n) is 10.7. The number of aliphatic imine (C=N–C) groups is 1. The van der Waals surface area contributed by atoms with Crippen LogP contribution in [0.25, 0.3) is 0 Å². The van der Waals surface area contributed by atoms with Crippen molar-refractivity contribution in [1.82, 2.24) is 10.2 Å². The Kier molecular flexibility index (Phi) is 3.79. The van der Waals surface area contributed by atoms with E-state index in [0.29, 0.717) is 6.54 Å². The molecule has 1 aromatic rings. The van der Waals surface area contributed by atoms with Gasteiger partial charge in [-0.05, 0) is 12.5 Å². The van der Waals surface area contributed by atoms with Gasteiger partial charge in [-0.25, -0.2) is 4.99 Å². The fourth-order valence-electron chi connectivity index (χ4n) is 1.84. The molecule has 0 saturated carbocycles. The molecule has 1 aliphatic heterocycles. The van der Waals surface area contributed by atoms with Gasteiger partial charge in [0.25, 0.3) is 0 Å². The number of hydrogen-bond donors (Lipinski definition) is 2. The van der Waals surface area contributed by atoms with Crippen molar-refractivity contribution >= 4 is 17.8 Å². The topological polar surface area (TPSA) is 87.8 Å². The van der Waals surface area contributed by atoms with Gasteiger partial charge in [0.05, 0.1) is 6.54 Å². The van der Waals surface area contributed by atoms with Crippen molar-refractivity contribution in [2.45, 2.75) is 19.5 Å². The summed E-state index contributed by atoms with van der Waals surface area (Å²) in [6.07, 6.45) is 0. The number of benzene rings is 1. The zero-order valence-corrected chi connectivity index (χ0v) is 10.7. The summed E-state index contributed by atoms with van der Waals surface area (Å²) in [5.41, 5.74) is 6.87. The predicted molar refractivity (Wildman–Crippen MR) is 71.1 cm³/mol. The lowest BCUT2D eigenvalue weighted by Crippen LogP contribution is -2.60. The minimum Gasteiger partial charge on any atom is -0.370 e. The second kappa shape index (κ2) is 5.51. The molecule has 100 valence electrons. The molecule has 6 heteroatoms. The van der Waals surface area contributed by atoms with E-state index in [0.717, 1.165) is 5.56 Å². The predicted octanol–water partition coefficient (Wildman–Crippen LogP) is -0.152. The van der Waals surface area contributed by atoms with Crippen LogP contribution >= 0.6 is 0 Å². The third-order valence-corrected chi connectivity index (χ3v) is 2.98. The van der Waals surface area contributed by atoms with Gasteiger partial charge >= 0.3 is 0 Å². The van der Waals surface area contributed by atoms with Gasteiger partial charge in [0, 0.05) is 0 Å². The third kappa shape index (κ3) is 3.09. The lowest BCUT2D eigenvalue weighted by Gasteiger charge is -2.32. The quantitative estimate of drug-likeness (QED) is 0.440. The second-order valence-corrected chi connectivity index (χ2v) is 4.38. The Morgan fingerprint density at radius 2 is 2.11 bits per heavy atom. The standard InChI is InChI=1S/C13H16N4O2/c1-9-12(19)16-11(18)8-17(9)13(14)15-7-10-5-3-2-4-6-10/h2-6,9H,7-8H2,1H3,(H2,14,15)(H,16,18,19). The molecule has 6 nitrogen and oxygen atoms in total. The highest BCUT2D eigenvalue weighted by molar-refractivity contribution is 6.04. The van der Waals surface area contributed by atoms with Crippen LogP contribution in [-0.4, -0.2) is 35.3 Å². The molecule has 2 rings (SSSR count). The van der Waals surface area contributed by atoms with Crippen LogP contribution in [0.5, 0.6) is 0 Å². The Hall–Kier alpha value is -2.37. The van der Waals surface area contributed by atoms with E-state index in [1.807, 2.05) is 30.3 Å². The maximum absolute atomic E-state index is 11.5. The summed E-state index contributed by atoms with van der Waals surface area (Å²) in [6, 6.07) is 9.15. The second-order valence-electron chi connectivity index (χ2n) is 4.38. The van der Waals surface area contributed by atoms with Crippen molar-refractivity contribution in [2.75, 3.05) is 6.54 Å². The smallest absolute Gasteiger partial charge is 0.249 e. The van der Waals surface area contributed by atoms with E-state index >= 15 is 0 Å². The molecule has 0 spiro atoms. The van der Waals surface area contributed by atoms with E-state index < -0.39 is 6.04 Å². The lowest BCUT2D eigenvalue weighted by atomic mass is 10.2. The molecule has 1 atom stereocenters. The summed E-state index contributed by atoms with van der Waals surface area (Å²) in [5.74, 6) is -0.505. The fourth-order valence-corrected chi connectivity index (χ4v) is 1.84. The first-order valence-electron chi connectivity index (χ1n) is 6.02. The van der Waals surface area contributed by atoms with Crippen LogP contribution in [0.2, 0.25) is 0 Å². The van der Waals surface area contributed by atoms with Crippen molar-refractivity contribution in [2.24, 2.45) is 10.7 Å². The zero-order chi connectivity index (χ0) is 13.8. The highest BCUT2D eigenvalue weighted by Crippen LogP contribution is 2.06. The average molecular weight is 260 g/mol. The first kappa shape index (κ1) is 13.1. The minimum absolute atomic E-state index is 0.0526. The molecule has 0 aliphatic carbocycles. The van der Waals surface area contributed by atoms with Crippen molar-refractivity contribution in [3.63, 3.8) is 0 Å². The first-order chi connectivity index (χ1) is 9.08. The number of carbonyl (C=O) groups excluding carboxylic acids is 2. The molecule has 1 aromatic carbocycles. The minimum atomic E-state index is -0.489. The number of nitrogens with two attached hydrogens (primary N) is 1. The van der Waals surface area contributed by atoms with Crippen LogP contribution in [0.4, 0.5) is 0 Å². The molecule has 1 fully saturated rings. The third-order valence-electron chi connectivity index (χ3n) is 2.98. The van der Waals surface area contributed by atoms with Crippen molar-refractivity contribution in [3.05, 3.63) is 35.9 Å². The van der Waals surface area contributed by atoms with Gasteiger partial charge in [-0.15, -0.1) is 0 Å². The summed E-state index contributed by atoms with van der Waals surface area (Å²) in [5, 5.41) is 2.26. The number of rotatable bonds is 2. The van der Waals surface area contributed by atoms with Gasteiger partial charge < -0.3 is 10.6 Å². The lowest BCUT2D eigenvalue weighted by molar-refractivity contribution is -0.137. The highest BCUT2D eigenvalue weighted by atomic mass is 16.2. The molecular formula is C13H16N4O2. The Bertz CT molecular complexity index is 513. The van der Waals surface area contributed by atoms with Crippen molar-refractivity contribution in [3.8, 4) is 0 Å². The molecule has 3 N–H and O–H groups in total. The van der Waals surface area contributed by atoms with E-state index in [9.17, 15) is 9.59 Å². The number of piperazine rings is 1. The van der Waals surface area contributed by atoms with Gasteiger partial charge in [0.2, 0.25) is 11.8 Å². The molecular weight excluding hydrogens is 244 g/mol. The number of nitrogens with zero attached hydrogens (tertiary/aromatic N) is 2. The molecule has 19 heavy (non-hydrogen) atoms. The number of imide groups is 1. The number of nitrogens with one attached hydrogen (secondary N) is 1. The summed E-state index contributed by atoms with van der Waals surface area (Å²) < 4.78 is 0. The summed E-state index contributed by atoms with van der Waals surface area (Å²) in [7, 11) is 0. The van der Waals surface area contributed by atoms with Gasteiger partial charge in [-0.1, -0.05) is 30.3 Å². The molecule has 1 saturated heterocycles. The molecule has 1 heterocycles. The Morgan fingerprint density at radius 1 is 1.42 bits per heavy atom. The van der Waals surface area contributed by atoms with Crippen LogP contribution in [0.15, 0.2) is 35.3 Å². The number of carbonyl (C=O) groups is 2. The summed E-state index contributed by atoms with van der Waals surface area (Å²) in [4.78, 5) is 28.6. The van der Waals surface area contributed by atoms with Crippen LogP contribution in [0, 0.1) is 0 Å². The van der Waals surface area contributed by atoms with Crippen LogP contribution in [0.1, 0.15) is 12.5 Å². The monoisotopic (exact) mass is 260 g/mol. The van der Waals surface area contributed by atoms with Crippen molar-refractivity contribution in [1.29, 1.82) is 0 Å². The number of hydrogen-bond acceptors (Lipinski definition) is 3. The van der Waals surface area contributed by atoms with E-state index in [1.54, 1.807) is 6.92 Å². The van der Waals surface area contributed by atoms with E-state index in [-0.39, 0.29) is 24.3 Å². The molecule has 0 bridgehead atoms. The van der Waals surface area contributed by atoms with Gasteiger partial charge in [0.1, 0.15) is 12.6 Å². The molecule has 1 unspecified atom stereocenters. The molecule has 0 radical (unpaired) electrons. The van der Waals surface area contributed by atoms with Crippen molar-refractivity contribution < 1.29 is 9.59 Å². The average Bonchev–Trinajstić information content (AvgIpc) is 2.41. The largest absolute Gasteiger partial charge is 0.370 e. The fraction of sp³-hybridized carbons (Fsp3) is 0.308. The van der Waals surface area contributed by atoms with E-state index in [2.05, 4.69) is 10.3 Å². The molecule has 1 aliphatic rings. The number of guanidine groups is 1. The van der Waals surface area contributed by atoms with Crippen LogP contribution < -0.4 is 11.1 Å². The maximum atomic E-state index is 11.5. The van der Waals surface area contributed by atoms with Gasteiger partial charge in [-0.2, -0.15) is 0 Å². The maximum Gasteiger partial charge on any atom is 0.249 e. The SMILES string of the molecule is CC1C(=O)NC(=O)CN1C(N)=NCc1ccccc1. The first-order valence-corrected chi connectivity index (χ1v) is 6.02. The van der Waals surface area contributed by atoms with E-state index in [4.69, 9.17) is 5.73 Å². The van der Waals surface area contributed by atoms with E-state index in [1.165, 1.54) is 4.90 Å². The van der Waals surface area contributed by atoms with Crippen LogP contribution in [-0.2, 0) is 16.1 Å². The Labute approximate surface area is 111 Å².